The van der Waals surface area contributed by atoms with Crippen LogP contribution in [-0.4, -0.2) is 50.7 Å². The number of hydrogen-bond acceptors (Lipinski definition) is 7. The van der Waals surface area contributed by atoms with Gasteiger partial charge in [-0.3, -0.25) is 14.3 Å². The lowest BCUT2D eigenvalue weighted by Gasteiger charge is -2.28. The predicted molar refractivity (Wildman–Crippen MR) is 57.5 cm³/mol. The van der Waals surface area contributed by atoms with E-state index in [2.05, 4.69) is 0 Å². The Morgan fingerprint density at radius 1 is 1.37 bits per heavy atom. The number of aromatic nitrogens is 2. The number of ether oxygens (including phenoxy) is 2. The van der Waals surface area contributed by atoms with E-state index in [1.165, 1.54) is 0 Å². The number of aromatic amines is 1. The molecule has 0 aromatic carbocycles. The Morgan fingerprint density at radius 2 is 2.11 bits per heavy atom. The fourth-order valence-electron chi connectivity index (χ4n) is 2.30. The van der Waals surface area contributed by atoms with E-state index >= 15 is 0 Å². The van der Waals surface area contributed by atoms with Crippen molar-refractivity contribution in [3.05, 3.63) is 32.6 Å². The first-order valence-corrected chi connectivity index (χ1v) is 5.54. The first kappa shape index (κ1) is 12.1. The van der Waals surface area contributed by atoms with Gasteiger partial charge in [-0.15, -0.1) is 0 Å². The second-order valence-electron chi connectivity index (χ2n) is 4.30. The molecule has 102 valence electrons. The molecule has 1 aromatic heterocycles. The monoisotopic (exact) mass is 270 g/mol. The molecule has 0 bridgehead atoms. The zero-order chi connectivity index (χ0) is 13.7. The van der Waals surface area contributed by atoms with Crippen molar-refractivity contribution in [1.29, 1.82) is 0 Å². The number of aliphatic hydroxyl groups is 2. The number of fused-ring (bicyclic) bond motifs is 3. The van der Waals surface area contributed by atoms with Crippen LogP contribution in [0.2, 0.25) is 0 Å². The molecule has 0 radical (unpaired) electrons. The van der Waals surface area contributed by atoms with Gasteiger partial charge in [0.05, 0.1) is 6.61 Å². The highest BCUT2D eigenvalue weighted by Gasteiger charge is 2.51. The Bertz CT molecular complexity index is 648. The lowest BCUT2D eigenvalue weighted by Crippen LogP contribution is -2.47. The number of nitrogens with zero attached hydrogens (tertiary/aromatic N) is 1. The summed E-state index contributed by atoms with van der Waals surface area (Å²) >= 11 is 0. The maximum absolute atomic E-state index is 11.8. The first-order chi connectivity index (χ1) is 9.02. The third kappa shape index (κ3) is 1.63. The number of carbonyl (C=O) groups excluding carboxylic acids is 1. The molecule has 1 fully saturated rings. The average Bonchev–Trinajstić information content (AvgIpc) is 2.66. The highest BCUT2D eigenvalue weighted by molar-refractivity contribution is 5.88. The lowest BCUT2D eigenvalue weighted by atomic mass is 10.1. The van der Waals surface area contributed by atoms with E-state index in [0.29, 0.717) is 0 Å². The Balaban J connectivity index is 2.17. The molecular formula is C10H10N2O7. The Morgan fingerprint density at radius 3 is 2.79 bits per heavy atom. The van der Waals surface area contributed by atoms with Crippen LogP contribution >= 0.6 is 0 Å². The van der Waals surface area contributed by atoms with E-state index in [9.17, 15) is 19.5 Å². The van der Waals surface area contributed by atoms with Crippen molar-refractivity contribution >= 4 is 5.97 Å². The van der Waals surface area contributed by atoms with Gasteiger partial charge in [-0.05, 0) is 0 Å². The largest absolute Gasteiger partial charge is 0.450 e. The Labute approximate surface area is 105 Å². The molecule has 1 aromatic rings. The van der Waals surface area contributed by atoms with Crippen molar-refractivity contribution in [3.8, 4) is 0 Å². The Kier molecular flexibility index (Phi) is 2.55. The van der Waals surface area contributed by atoms with Crippen molar-refractivity contribution in [1.82, 2.24) is 9.55 Å². The number of rotatable bonds is 1. The second kappa shape index (κ2) is 4.02. The topological polar surface area (TPSA) is 131 Å². The van der Waals surface area contributed by atoms with E-state index in [1.54, 1.807) is 0 Å². The predicted octanol–water partition coefficient (Wildman–Crippen LogP) is -2.67. The fourth-order valence-corrected chi connectivity index (χ4v) is 2.30. The molecule has 4 unspecified atom stereocenters. The van der Waals surface area contributed by atoms with Gasteiger partial charge in [0.25, 0.3) is 5.56 Å². The van der Waals surface area contributed by atoms with Crippen LogP contribution in [0.4, 0.5) is 0 Å². The molecular weight excluding hydrogens is 260 g/mol. The summed E-state index contributed by atoms with van der Waals surface area (Å²) in [7, 11) is 0. The zero-order valence-corrected chi connectivity index (χ0v) is 9.48. The zero-order valence-electron chi connectivity index (χ0n) is 9.48. The summed E-state index contributed by atoms with van der Waals surface area (Å²) in [5, 5.41) is 18.9. The summed E-state index contributed by atoms with van der Waals surface area (Å²) in [5.41, 5.74) is -1.82. The van der Waals surface area contributed by atoms with Crippen LogP contribution in [0.5, 0.6) is 0 Å². The summed E-state index contributed by atoms with van der Waals surface area (Å²) in [4.78, 5) is 36.6. The van der Waals surface area contributed by atoms with Crippen LogP contribution in [0.3, 0.4) is 0 Å². The van der Waals surface area contributed by atoms with Gasteiger partial charge in [-0.2, -0.15) is 0 Å². The summed E-state index contributed by atoms with van der Waals surface area (Å²) in [6.45, 7) is -0.487. The van der Waals surface area contributed by atoms with Crippen molar-refractivity contribution in [2.75, 3.05) is 6.61 Å². The molecule has 19 heavy (non-hydrogen) atoms. The van der Waals surface area contributed by atoms with Crippen LogP contribution in [0.25, 0.3) is 0 Å². The molecule has 3 heterocycles. The lowest BCUT2D eigenvalue weighted by molar-refractivity contribution is -0.0733. The molecule has 2 aliphatic heterocycles. The third-order valence-electron chi connectivity index (χ3n) is 3.18. The van der Waals surface area contributed by atoms with E-state index in [1.807, 2.05) is 4.98 Å². The molecule has 4 atom stereocenters. The summed E-state index contributed by atoms with van der Waals surface area (Å²) in [6, 6.07) is 0.919. The van der Waals surface area contributed by atoms with Crippen LogP contribution in [0, 0.1) is 0 Å². The highest BCUT2D eigenvalue weighted by atomic mass is 16.6. The minimum absolute atomic E-state index is 0.249. The molecule has 2 aliphatic rings. The van der Waals surface area contributed by atoms with Crippen molar-refractivity contribution in [2.45, 2.75) is 24.5 Å². The molecule has 0 spiro atoms. The molecule has 1 saturated heterocycles. The minimum atomic E-state index is -1.24. The normalized spacial score (nSPS) is 32.6. The average molecular weight is 270 g/mol. The fraction of sp³-hybridized carbons (Fsp3) is 0.500. The number of aliphatic hydroxyl groups excluding tert-OH is 2. The maximum atomic E-state index is 11.8. The molecule has 0 saturated carbocycles. The van der Waals surface area contributed by atoms with Gasteiger partial charge in [-0.25, -0.2) is 9.59 Å². The minimum Gasteiger partial charge on any atom is -0.450 e. The van der Waals surface area contributed by atoms with Crippen molar-refractivity contribution in [2.24, 2.45) is 0 Å². The maximum Gasteiger partial charge on any atom is 0.355 e. The SMILES string of the molecule is O=C1OC2C(O)C(CO)OC2n2c1cc(=O)[nH]c2=O. The van der Waals surface area contributed by atoms with Gasteiger partial charge < -0.3 is 19.7 Å². The number of carbonyl (C=O) groups is 1. The molecule has 0 aliphatic carbocycles. The van der Waals surface area contributed by atoms with Gasteiger partial charge in [-0.1, -0.05) is 0 Å². The van der Waals surface area contributed by atoms with Crippen LogP contribution < -0.4 is 11.2 Å². The summed E-state index contributed by atoms with van der Waals surface area (Å²) in [5.74, 6) is -0.898. The number of H-pyrrole nitrogens is 1. The van der Waals surface area contributed by atoms with E-state index in [0.717, 1.165) is 10.6 Å². The molecule has 0 amide bonds. The summed E-state index contributed by atoms with van der Waals surface area (Å²) < 4.78 is 11.2. The van der Waals surface area contributed by atoms with Crippen LogP contribution in [-0.2, 0) is 9.47 Å². The quantitative estimate of drug-likeness (QED) is 0.474. The van der Waals surface area contributed by atoms with Crippen LogP contribution in [0.15, 0.2) is 15.7 Å². The molecule has 3 N–H and O–H groups in total. The molecule has 3 rings (SSSR count). The Hall–Kier alpha value is -1.97. The van der Waals surface area contributed by atoms with Crippen molar-refractivity contribution in [3.63, 3.8) is 0 Å². The van der Waals surface area contributed by atoms with Gasteiger partial charge in [0, 0.05) is 6.07 Å². The number of esters is 1. The van der Waals surface area contributed by atoms with Gasteiger partial charge in [0.15, 0.2) is 12.3 Å². The number of hydrogen-bond donors (Lipinski definition) is 3. The molecule has 9 nitrogen and oxygen atoms in total. The van der Waals surface area contributed by atoms with E-state index in [4.69, 9.17) is 14.6 Å². The van der Waals surface area contributed by atoms with Crippen LogP contribution in [0.1, 0.15) is 16.7 Å². The van der Waals surface area contributed by atoms with Crippen molar-refractivity contribution < 1.29 is 24.5 Å². The van der Waals surface area contributed by atoms with Gasteiger partial charge in [0.1, 0.15) is 17.9 Å². The summed E-state index contributed by atoms with van der Waals surface area (Å²) in [6.07, 6.45) is -4.37. The smallest absolute Gasteiger partial charge is 0.355 e. The standard InChI is InChI=1S/C10H10N2O7/c13-2-4-6(15)7-8(18-4)12-3(9(16)19-7)1-5(14)11-10(12)17/h1,4,6-8,13,15H,2H2,(H,11,14,17). The van der Waals surface area contributed by atoms with E-state index in [-0.39, 0.29) is 5.69 Å². The second-order valence-corrected chi connectivity index (χ2v) is 4.30. The van der Waals surface area contributed by atoms with Gasteiger partial charge >= 0.3 is 11.7 Å². The van der Waals surface area contributed by atoms with E-state index < -0.39 is 48.4 Å². The molecule has 9 heteroatoms. The first-order valence-electron chi connectivity index (χ1n) is 5.54. The van der Waals surface area contributed by atoms with Gasteiger partial charge in [0.2, 0.25) is 0 Å². The third-order valence-corrected chi connectivity index (χ3v) is 3.18. The highest BCUT2D eigenvalue weighted by Crippen LogP contribution is 2.34. The number of nitrogens with one attached hydrogen (secondary N) is 1.